The molecule has 1 N–H and O–H groups in total. The zero-order chi connectivity index (χ0) is 21.1. The molecule has 0 saturated carbocycles. The molecule has 4 nitrogen and oxygen atoms in total. The van der Waals surface area contributed by atoms with Gasteiger partial charge in [-0.1, -0.05) is 17.9 Å². The first kappa shape index (κ1) is 19.2. The van der Waals surface area contributed by atoms with Crippen molar-refractivity contribution in [1.82, 2.24) is 4.98 Å². The van der Waals surface area contributed by atoms with Crippen molar-refractivity contribution in [1.29, 1.82) is 0 Å². The van der Waals surface area contributed by atoms with Gasteiger partial charge in [0.05, 0.1) is 11.3 Å². The number of pyridine rings is 1. The number of aromatic nitrogens is 1. The number of carbonyl (C=O) groups excluding carboxylic acids is 2. The van der Waals surface area contributed by atoms with E-state index < -0.39 is 23.3 Å². The Morgan fingerprint density at radius 3 is 2.53 bits per heavy atom. The van der Waals surface area contributed by atoms with Gasteiger partial charge >= 0.3 is 0 Å². The Balaban J connectivity index is 1.62. The molecule has 0 aliphatic carbocycles. The lowest BCUT2D eigenvalue weighted by atomic mass is 9.93. The van der Waals surface area contributed by atoms with E-state index in [0.717, 1.165) is 17.7 Å². The number of nitrogens with one attached hydrogen (secondary N) is 1. The summed E-state index contributed by atoms with van der Waals surface area (Å²) >= 11 is 0. The van der Waals surface area contributed by atoms with Crippen LogP contribution in [0.4, 0.5) is 14.5 Å². The third-order valence-corrected chi connectivity index (χ3v) is 4.53. The van der Waals surface area contributed by atoms with Gasteiger partial charge in [-0.3, -0.25) is 14.6 Å². The second-order valence-electron chi connectivity index (χ2n) is 6.61. The van der Waals surface area contributed by atoms with E-state index in [1.54, 1.807) is 30.6 Å². The van der Waals surface area contributed by atoms with Crippen molar-refractivity contribution in [3.63, 3.8) is 0 Å². The highest BCUT2D eigenvalue weighted by Crippen LogP contribution is 2.27. The standard InChI is InChI=1S/C24H14F2N2O2/c25-20-6-4-17(14-21(20)26)13-19-23(29)18-12-16(5-7-22(18)28-24(19)30)3-1-2-15-8-10-27-11-9-15/h4-14H,2H2,(H,28,30)/b19-13-. The minimum absolute atomic E-state index is 0.157. The Morgan fingerprint density at radius 1 is 0.967 bits per heavy atom. The van der Waals surface area contributed by atoms with Gasteiger partial charge < -0.3 is 5.32 Å². The van der Waals surface area contributed by atoms with Crippen molar-refractivity contribution in [2.24, 2.45) is 0 Å². The molecule has 0 unspecified atom stereocenters. The average Bonchev–Trinajstić information content (AvgIpc) is 2.75. The molecule has 1 aliphatic heterocycles. The Hall–Kier alpha value is -4.11. The first-order chi connectivity index (χ1) is 14.5. The molecule has 1 amide bonds. The Morgan fingerprint density at radius 2 is 1.77 bits per heavy atom. The van der Waals surface area contributed by atoms with E-state index in [4.69, 9.17) is 0 Å². The van der Waals surface area contributed by atoms with E-state index >= 15 is 0 Å². The first-order valence-corrected chi connectivity index (χ1v) is 9.06. The van der Waals surface area contributed by atoms with Crippen LogP contribution in [0.3, 0.4) is 0 Å². The van der Waals surface area contributed by atoms with Crippen LogP contribution in [0.1, 0.15) is 27.0 Å². The van der Waals surface area contributed by atoms with Crippen molar-refractivity contribution in [2.45, 2.75) is 6.42 Å². The van der Waals surface area contributed by atoms with Gasteiger partial charge in [0.1, 0.15) is 0 Å². The highest BCUT2D eigenvalue weighted by molar-refractivity contribution is 6.36. The lowest BCUT2D eigenvalue weighted by molar-refractivity contribution is -0.112. The van der Waals surface area contributed by atoms with Gasteiger partial charge in [0, 0.05) is 29.9 Å². The van der Waals surface area contributed by atoms with E-state index in [0.29, 0.717) is 23.2 Å². The van der Waals surface area contributed by atoms with Gasteiger partial charge in [0.2, 0.25) is 5.78 Å². The molecule has 0 atom stereocenters. The first-order valence-electron chi connectivity index (χ1n) is 9.06. The molecule has 0 radical (unpaired) electrons. The summed E-state index contributed by atoms with van der Waals surface area (Å²) in [5, 5.41) is 2.64. The lowest BCUT2D eigenvalue weighted by Crippen LogP contribution is -2.27. The van der Waals surface area contributed by atoms with Gasteiger partial charge in [-0.2, -0.15) is 0 Å². The number of amides is 1. The van der Waals surface area contributed by atoms with Gasteiger partial charge in [0.15, 0.2) is 11.6 Å². The maximum Gasteiger partial charge on any atom is 0.259 e. The predicted octanol–water partition coefficient (Wildman–Crippen LogP) is 4.17. The van der Waals surface area contributed by atoms with Crippen molar-refractivity contribution in [3.8, 4) is 11.8 Å². The normalized spacial score (nSPS) is 14.0. The van der Waals surface area contributed by atoms with Crippen molar-refractivity contribution in [2.75, 3.05) is 5.32 Å². The number of anilines is 1. The molecular formula is C24H14F2N2O2. The van der Waals surface area contributed by atoms with Crippen LogP contribution in [-0.4, -0.2) is 16.7 Å². The number of rotatable bonds is 2. The molecule has 1 aromatic heterocycles. The maximum atomic E-state index is 13.5. The summed E-state index contributed by atoms with van der Waals surface area (Å²) in [5.74, 6) is 2.89. The van der Waals surface area contributed by atoms with Crippen molar-refractivity contribution in [3.05, 3.63) is 100 Å². The fraction of sp³-hybridized carbons (Fsp3) is 0.0417. The highest BCUT2D eigenvalue weighted by Gasteiger charge is 2.28. The minimum atomic E-state index is -1.06. The number of carbonyl (C=O) groups is 2. The zero-order valence-corrected chi connectivity index (χ0v) is 15.6. The number of halogens is 2. The summed E-state index contributed by atoms with van der Waals surface area (Å²) in [7, 11) is 0. The predicted molar refractivity (Wildman–Crippen MR) is 109 cm³/mol. The zero-order valence-electron chi connectivity index (χ0n) is 15.6. The molecule has 146 valence electrons. The fourth-order valence-corrected chi connectivity index (χ4v) is 3.01. The monoisotopic (exact) mass is 400 g/mol. The number of benzene rings is 2. The van der Waals surface area contributed by atoms with Crippen LogP contribution in [0.15, 0.2) is 66.5 Å². The fourth-order valence-electron chi connectivity index (χ4n) is 3.01. The van der Waals surface area contributed by atoms with Gasteiger partial charge in [-0.25, -0.2) is 8.78 Å². The number of Topliss-reactive ketones (excluding diaryl/α,β-unsaturated/α-hetero) is 1. The summed E-state index contributed by atoms with van der Waals surface area (Å²) in [6.45, 7) is 0. The summed E-state index contributed by atoms with van der Waals surface area (Å²) in [5.41, 5.74) is 2.38. The quantitative estimate of drug-likeness (QED) is 0.399. The Labute approximate surface area is 171 Å². The molecular weight excluding hydrogens is 386 g/mol. The van der Waals surface area contributed by atoms with Crippen LogP contribution in [0, 0.1) is 23.5 Å². The van der Waals surface area contributed by atoms with E-state index in [9.17, 15) is 18.4 Å². The molecule has 3 aromatic rings. The summed E-state index contributed by atoms with van der Waals surface area (Å²) < 4.78 is 26.6. The molecule has 0 saturated heterocycles. The summed E-state index contributed by atoms with van der Waals surface area (Å²) in [6, 6.07) is 11.9. The Bertz CT molecular complexity index is 1260. The summed E-state index contributed by atoms with van der Waals surface area (Å²) in [4.78, 5) is 29.2. The van der Waals surface area contributed by atoms with Gasteiger partial charge in [0.25, 0.3) is 5.91 Å². The third-order valence-electron chi connectivity index (χ3n) is 4.53. The SMILES string of the molecule is O=C1Nc2ccc(C#CCc3ccncc3)cc2C(=O)/C1=C/c1ccc(F)c(F)c1. The highest BCUT2D eigenvalue weighted by atomic mass is 19.2. The van der Waals surface area contributed by atoms with E-state index in [-0.39, 0.29) is 11.1 Å². The molecule has 6 heteroatoms. The second-order valence-corrected chi connectivity index (χ2v) is 6.61. The van der Waals surface area contributed by atoms with Crippen LogP contribution in [0.25, 0.3) is 6.08 Å². The molecule has 2 heterocycles. The van der Waals surface area contributed by atoms with Crippen molar-refractivity contribution >= 4 is 23.5 Å². The number of ketones is 1. The minimum Gasteiger partial charge on any atom is -0.321 e. The molecule has 1 aliphatic rings. The number of fused-ring (bicyclic) bond motifs is 1. The van der Waals surface area contributed by atoms with Crippen LogP contribution < -0.4 is 5.32 Å². The summed E-state index contributed by atoms with van der Waals surface area (Å²) in [6.07, 6.45) is 5.16. The molecule has 0 fully saturated rings. The topological polar surface area (TPSA) is 59.1 Å². The van der Waals surface area contributed by atoms with E-state index in [2.05, 4.69) is 22.1 Å². The van der Waals surface area contributed by atoms with Crippen LogP contribution in [0.2, 0.25) is 0 Å². The molecule has 2 aromatic carbocycles. The molecule has 4 rings (SSSR count). The third kappa shape index (κ3) is 4.01. The lowest BCUT2D eigenvalue weighted by Gasteiger charge is -2.18. The number of hydrogen-bond donors (Lipinski definition) is 1. The molecule has 0 spiro atoms. The number of nitrogens with zero attached hydrogens (tertiary/aromatic N) is 1. The average molecular weight is 400 g/mol. The molecule has 0 bridgehead atoms. The molecule has 30 heavy (non-hydrogen) atoms. The number of hydrogen-bond acceptors (Lipinski definition) is 3. The van der Waals surface area contributed by atoms with Crippen LogP contribution in [-0.2, 0) is 11.2 Å². The van der Waals surface area contributed by atoms with Crippen molar-refractivity contribution < 1.29 is 18.4 Å². The van der Waals surface area contributed by atoms with Gasteiger partial charge in [-0.15, -0.1) is 0 Å². The van der Waals surface area contributed by atoms with Crippen LogP contribution >= 0.6 is 0 Å². The van der Waals surface area contributed by atoms with Crippen LogP contribution in [0.5, 0.6) is 0 Å². The van der Waals surface area contributed by atoms with E-state index in [1.165, 1.54) is 12.1 Å². The largest absolute Gasteiger partial charge is 0.321 e. The smallest absolute Gasteiger partial charge is 0.259 e. The van der Waals surface area contributed by atoms with Gasteiger partial charge in [-0.05, 0) is 59.7 Å². The van der Waals surface area contributed by atoms with E-state index in [1.807, 2.05) is 12.1 Å². The maximum absolute atomic E-state index is 13.5. The Kier molecular flexibility index (Phi) is 5.19. The second kappa shape index (κ2) is 8.10.